The lowest BCUT2D eigenvalue weighted by Gasteiger charge is -2.00. The second kappa shape index (κ2) is 4.71. The van der Waals surface area contributed by atoms with Crippen molar-refractivity contribution in [2.75, 3.05) is 12.0 Å². The molecule has 20 heavy (non-hydrogen) atoms. The van der Waals surface area contributed by atoms with E-state index >= 15 is 0 Å². The highest BCUT2D eigenvalue weighted by atomic mass is 32.2. The third-order valence-corrected chi connectivity index (χ3v) is 3.38. The van der Waals surface area contributed by atoms with Crippen molar-refractivity contribution in [3.05, 3.63) is 29.6 Å². The Bertz CT molecular complexity index is 800. The van der Waals surface area contributed by atoms with Crippen LogP contribution in [-0.2, 0) is 0 Å². The van der Waals surface area contributed by atoms with Gasteiger partial charge in [-0.2, -0.15) is 19.5 Å². The molecule has 0 saturated heterocycles. The topological polar surface area (TPSA) is 82.0 Å². The molecule has 3 aromatic rings. The van der Waals surface area contributed by atoms with Gasteiger partial charge in [-0.15, -0.1) is 5.10 Å². The fourth-order valence-corrected chi connectivity index (χ4v) is 2.17. The lowest BCUT2D eigenvalue weighted by molar-refractivity contribution is 0.620. The molecule has 102 valence electrons. The van der Waals surface area contributed by atoms with Crippen molar-refractivity contribution in [1.82, 2.24) is 24.6 Å². The Labute approximate surface area is 118 Å². The zero-order chi connectivity index (χ0) is 14.3. The molecule has 6 nitrogen and oxygen atoms in total. The summed E-state index contributed by atoms with van der Waals surface area (Å²) >= 11 is 1.35. The number of rotatable bonds is 2. The number of nitrogen functional groups attached to an aromatic ring is 1. The van der Waals surface area contributed by atoms with Gasteiger partial charge in [0.2, 0.25) is 5.95 Å². The van der Waals surface area contributed by atoms with Gasteiger partial charge < -0.3 is 5.73 Å². The summed E-state index contributed by atoms with van der Waals surface area (Å²) < 4.78 is 15.4. The largest absolute Gasteiger partial charge is 0.368 e. The Morgan fingerprint density at radius 3 is 2.80 bits per heavy atom. The maximum Gasteiger partial charge on any atom is 0.258 e. The highest BCUT2D eigenvalue weighted by molar-refractivity contribution is 7.98. The predicted octanol–water partition coefficient (Wildman–Crippen LogP) is 1.94. The Kier molecular flexibility index (Phi) is 3.01. The molecule has 0 amide bonds. The molecule has 0 bridgehead atoms. The minimum Gasteiger partial charge on any atom is -0.368 e. The molecule has 0 fully saturated rings. The summed E-state index contributed by atoms with van der Waals surface area (Å²) in [5.74, 6) is 0.370. The van der Waals surface area contributed by atoms with Gasteiger partial charge in [0.25, 0.3) is 5.78 Å². The fraction of sp³-hybridized carbons (Fsp3) is 0.167. The van der Waals surface area contributed by atoms with Gasteiger partial charge in [0.1, 0.15) is 5.82 Å². The lowest BCUT2D eigenvalue weighted by Crippen LogP contribution is -2.04. The quantitative estimate of drug-likeness (QED) is 0.726. The molecule has 0 aliphatic heterocycles. The van der Waals surface area contributed by atoms with Crippen LogP contribution in [0, 0.1) is 12.7 Å². The van der Waals surface area contributed by atoms with Crippen LogP contribution in [0.5, 0.6) is 0 Å². The molecule has 8 heteroatoms. The third-order valence-electron chi connectivity index (χ3n) is 2.83. The van der Waals surface area contributed by atoms with E-state index in [4.69, 9.17) is 5.73 Å². The number of halogens is 1. The van der Waals surface area contributed by atoms with Crippen LogP contribution in [0.2, 0.25) is 0 Å². The van der Waals surface area contributed by atoms with Crippen molar-refractivity contribution in [2.24, 2.45) is 0 Å². The van der Waals surface area contributed by atoms with E-state index in [1.807, 2.05) is 6.26 Å². The second-order valence-electron chi connectivity index (χ2n) is 4.15. The number of benzene rings is 1. The third kappa shape index (κ3) is 1.97. The first-order chi connectivity index (χ1) is 9.60. The normalized spacial score (nSPS) is 11.2. The van der Waals surface area contributed by atoms with E-state index in [9.17, 15) is 4.39 Å². The Morgan fingerprint density at radius 2 is 2.05 bits per heavy atom. The van der Waals surface area contributed by atoms with E-state index in [0.717, 1.165) is 0 Å². The highest BCUT2D eigenvalue weighted by Crippen LogP contribution is 2.23. The van der Waals surface area contributed by atoms with Crippen LogP contribution < -0.4 is 5.73 Å². The summed E-state index contributed by atoms with van der Waals surface area (Å²) in [7, 11) is 0. The van der Waals surface area contributed by atoms with Crippen LogP contribution in [0.15, 0.2) is 23.4 Å². The molecule has 3 rings (SSSR count). The van der Waals surface area contributed by atoms with Gasteiger partial charge in [-0.1, -0.05) is 23.9 Å². The monoisotopic (exact) mass is 290 g/mol. The minimum atomic E-state index is -0.347. The number of hydrogen-bond acceptors (Lipinski definition) is 6. The van der Waals surface area contributed by atoms with Gasteiger partial charge in [0.15, 0.2) is 11.0 Å². The van der Waals surface area contributed by atoms with Crippen molar-refractivity contribution in [3.8, 4) is 11.4 Å². The van der Waals surface area contributed by atoms with Gasteiger partial charge in [-0.05, 0) is 24.8 Å². The first-order valence-electron chi connectivity index (χ1n) is 5.80. The number of anilines is 1. The summed E-state index contributed by atoms with van der Waals surface area (Å²) in [6, 6.07) is 5.06. The first-order valence-corrected chi connectivity index (χ1v) is 7.02. The predicted molar refractivity (Wildman–Crippen MR) is 74.9 cm³/mol. The summed E-state index contributed by atoms with van der Waals surface area (Å²) in [4.78, 5) is 12.5. The smallest absolute Gasteiger partial charge is 0.258 e. The molecule has 0 saturated carbocycles. The molecule has 2 heterocycles. The number of nitrogens with zero attached hydrogens (tertiary/aromatic N) is 5. The van der Waals surface area contributed by atoms with Crippen molar-refractivity contribution >= 4 is 23.5 Å². The Balaban J connectivity index is 2.23. The molecule has 0 unspecified atom stereocenters. The van der Waals surface area contributed by atoms with E-state index in [2.05, 4.69) is 20.1 Å². The van der Waals surface area contributed by atoms with Gasteiger partial charge in [-0.25, -0.2) is 4.39 Å². The van der Waals surface area contributed by atoms with Gasteiger partial charge in [-0.3, -0.25) is 0 Å². The van der Waals surface area contributed by atoms with Crippen LogP contribution in [0.1, 0.15) is 5.56 Å². The van der Waals surface area contributed by atoms with Crippen LogP contribution in [-0.4, -0.2) is 30.8 Å². The van der Waals surface area contributed by atoms with E-state index in [1.165, 1.54) is 16.3 Å². The van der Waals surface area contributed by atoms with Crippen LogP contribution in [0.3, 0.4) is 0 Å². The zero-order valence-electron chi connectivity index (χ0n) is 10.8. The molecule has 2 aromatic heterocycles. The summed E-state index contributed by atoms with van der Waals surface area (Å²) in [5, 5.41) is 4.66. The lowest BCUT2D eigenvalue weighted by atomic mass is 10.1. The average Bonchev–Trinajstić information content (AvgIpc) is 2.86. The van der Waals surface area contributed by atoms with Crippen molar-refractivity contribution in [1.29, 1.82) is 0 Å². The van der Waals surface area contributed by atoms with Gasteiger partial charge in [0, 0.05) is 0 Å². The van der Waals surface area contributed by atoms with Crippen molar-refractivity contribution in [3.63, 3.8) is 0 Å². The SMILES string of the molecule is CSc1nc(N)n2nc(-c3cccc(C)c3F)nc2n1. The van der Waals surface area contributed by atoms with Crippen molar-refractivity contribution in [2.45, 2.75) is 12.1 Å². The standard InChI is InChI=1S/C12H11FN6S/c1-6-4-3-5-7(8(6)13)9-15-11-17-12(20-2)16-10(14)19(11)18-9/h3-5H,1-2H3,(H2,14,15,16,17,18). The molecule has 0 radical (unpaired) electrons. The van der Waals surface area contributed by atoms with E-state index < -0.39 is 0 Å². The molecule has 0 aliphatic rings. The fourth-order valence-electron chi connectivity index (χ4n) is 1.81. The van der Waals surface area contributed by atoms with Crippen molar-refractivity contribution < 1.29 is 4.39 Å². The number of nitrogens with two attached hydrogens (primary N) is 1. The number of hydrogen-bond donors (Lipinski definition) is 1. The average molecular weight is 290 g/mol. The van der Waals surface area contributed by atoms with Crippen LogP contribution >= 0.6 is 11.8 Å². The molecular weight excluding hydrogens is 279 g/mol. The van der Waals surface area contributed by atoms with Gasteiger partial charge in [0.05, 0.1) is 5.56 Å². The number of aromatic nitrogens is 5. The number of aryl methyl sites for hydroxylation is 1. The summed E-state index contributed by atoms with van der Waals surface area (Å²) in [6.45, 7) is 1.69. The van der Waals surface area contributed by atoms with E-state index in [1.54, 1.807) is 25.1 Å². The maximum atomic E-state index is 14.1. The molecular formula is C12H11FN6S. The minimum absolute atomic E-state index is 0.172. The zero-order valence-corrected chi connectivity index (χ0v) is 11.6. The number of thioether (sulfide) groups is 1. The van der Waals surface area contributed by atoms with E-state index in [-0.39, 0.29) is 17.6 Å². The molecule has 2 N–H and O–H groups in total. The first kappa shape index (κ1) is 12.8. The molecule has 0 spiro atoms. The summed E-state index contributed by atoms with van der Waals surface area (Å²) in [6.07, 6.45) is 1.84. The van der Waals surface area contributed by atoms with Crippen LogP contribution in [0.4, 0.5) is 10.3 Å². The Morgan fingerprint density at radius 1 is 1.25 bits per heavy atom. The Hall–Kier alpha value is -2.22. The molecule has 1 aromatic carbocycles. The van der Waals surface area contributed by atoms with E-state index in [0.29, 0.717) is 22.1 Å². The summed E-state index contributed by atoms with van der Waals surface area (Å²) in [5.41, 5.74) is 6.65. The molecule has 0 atom stereocenters. The van der Waals surface area contributed by atoms with Gasteiger partial charge >= 0.3 is 0 Å². The number of fused-ring (bicyclic) bond motifs is 1. The van der Waals surface area contributed by atoms with Crippen LogP contribution in [0.25, 0.3) is 17.2 Å². The highest BCUT2D eigenvalue weighted by Gasteiger charge is 2.15. The second-order valence-corrected chi connectivity index (χ2v) is 4.93. The maximum absolute atomic E-state index is 14.1. The molecule has 0 aliphatic carbocycles.